The van der Waals surface area contributed by atoms with E-state index >= 15 is 0 Å². The number of alkyl halides is 3. The van der Waals surface area contributed by atoms with Gasteiger partial charge in [-0.05, 0) is 93.1 Å². The van der Waals surface area contributed by atoms with Gasteiger partial charge in [-0.1, -0.05) is 18.2 Å². The number of anilines is 1. The summed E-state index contributed by atoms with van der Waals surface area (Å²) < 4.78 is 79.3. The molecule has 14 heteroatoms. The number of carboxylic acids is 1. The number of ether oxygens (including phenoxy) is 1. The van der Waals surface area contributed by atoms with E-state index in [0.29, 0.717) is 17.2 Å². The van der Waals surface area contributed by atoms with Crippen LogP contribution in [0.1, 0.15) is 24.3 Å². The second-order valence-electron chi connectivity index (χ2n) is 10.5. The number of nitrogens with zero attached hydrogens (tertiary/aromatic N) is 3. The molecule has 0 bridgehead atoms. The van der Waals surface area contributed by atoms with E-state index < -0.39 is 28.1 Å². The van der Waals surface area contributed by atoms with E-state index in [4.69, 9.17) is 14.6 Å². The number of likely N-dealkylation sites (N-methyl/N-ethyl adjacent to an activating group) is 1. The van der Waals surface area contributed by atoms with E-state index in [-0.39, 0.29) is 29.2 Å². The number of para-hydroxylation sites is 1. The maximum absolute atomic E-state index is 13.7. The number of rotatable bonds is 6. The number of carbonyl (C=O) groups is 2. The lowest BCUT2D eigenvalue weighted by Gasteiger charge is -2.36. The molecule has 1 amide bonds. The highest BCUT2D eigenvalue weighted by atomic mass is 32.2. The zero-order valence-electron chi connectivity index (χ0n) is 23.9. The molecule has 44 heavy (non-hydrogen) atoms. The molecule has 0 spiro atoms. The summed E-state index contributed by atoms with van der Waals surface area (Å²) in [5, 5.41) is 7.12. The zero-order valence-corrected chi connectivity index (χ0v) is 24.7. The number of fused-ring (bicyclic) bond motifs is 1. The molecule has 1 atom stereocenters. The van der Waals surface area contributed by atoms with Crippen LogP contribution in [0.3, 0.4) is 0 Å². The normalized spacial score (nSPS) is 17.3. The van der Waals surface area contributed by atoms with Crippen LogP contribution in [0, 0.1) is 5.82 Å². The quantitative estimate of drug-likeness (QED) is 0.375. The highest BCUT2D eigenvalue weighted by Gasteiger charge is 2.42. The number of amides is 1. The Morgan fingerprint density at radius 3 is 2.00 bits per heavy atom. The second kappa shape index (κ2) is 13.2. The summed E-state index contributed by atoms with van der Waals surface area (Å²) in [6.45, 7) is 1.93. The third-order valence-corrected chi connectivity index (χ3v) is 9.31. The summed E-state index contributed by atoms with van der Waals surface area (Å²) in [6, 6.07) is 19.0. The molecule has 2 heterocycles. The van der Waals surface area contributed by atoms with Gasteiger partial charge in [0.15, 0.2) is 0 Å². The minimum Gasteiger partial charge on any atom is -0.475 e. The van der Waals surface area contributed by atoms with Crippen LogP contribution in [-0.2, 0) is 19.6 Å². The number of benzene rings is 3. The van der Waals surface area contributed by atoms with Crippen molar-refractivity contribution in [1.82, 2.24) is 9.80 Å². The maximum atomic E-state index is 13.7. The van der Waals surface area contributed by atoms with Crippen molar-refractivity contribution in [3.63, 3.8) is 0 Å². The van der Waals surface area contributed by atoms with Crippen molar-refractivity contribution < 1.29 is 45.4 Å². The summed E-state index contributed by atoms with van der Waals surface area (Å²) in [4.78, 5) is 26.7. The number of hydrogen-bond donors (Lipinski definition) is 1. The predicted molar refractivity (Wildman–Crippen MR) is 154 cm³/mol. The van der Waals surface area contributed by atoms with E-state index in [2.05, 4.69) is 11.9 Å². The van der Waals surface area contributed by atoms with Crippen LogP contribution in [-0.4, -0.2) is 81.1 Å². The molecule has 1 unspecified atom stereocenters. The van der Waals surface area contributed by atoms with Crippen molar-refractivity contribution in [2.45, 2.75) is 35.9 Å². The summed E-state index contributed by atoms with van der Waals surface area (Å²) in [6.07, 6.45) is -3.27. The van der Waals surface area contributed by atoms with Crippen LogP contribution in [0.15, 0.2) is 77.7 Å². The van der Waals surface area contributed by atoms with E-state index in [1.54, 1.807) is 24.3 Å². The molecule has 5 rings (SSSR count). The van der Waals surface area contributed by atoms with Crippen molar-refractivity contribution in [1.29, 1.82) is 0 Å². The summed E-state index contributed by atoms with van der Waals surface area (Å²) in [7, 11) is -0.0107. The summed E-state index contributed by atoms with van der Waals surface area (Å²) in [5.74, 6) is -2.86. The van der Waals surface area contributed by atoms with Crippen LogP contribution in [0.25, 0.3) is 0 Å². The molecule has 0 saturated carbocycles. The first kappa shape index (κ1) is 32.7. The highest BCUT2D eigenvalue weighted by molar-refractivity contribution is 7.92. The fourth-order valence-electron chi connectivity index (χ4n) is 5.06. The van der Waals surface area contributed by atoms with Crippen molar-refractivity contribution in [3.05, 3.63) is 84.2 Å². The number of carbonyl (C=O) groups excluding carboxylic acids is 1. The fraction of sp³-hybridized carbons (Fsp3) is 0.333. The molecule has 0 aliphatic carbocycles. The predicted octanol–water partition coefficient (Wildman–Crippen LogP) is 5.10. The van der Waals surface area contributed by atoms with Gasteiger partial charge >= 0.3 is 12.1 Å². The standard InChI is InChI=1S/C28H30FN3O4S.C2HF3O2/c1-30-17-15-21(16-18-30)31(2)28(33)26-19-32(27-6-4-3-5-25(26)27)37(34,35)24-13-11-23(12-14-24)36-22-9-7-20(29)8-10-22;3-2(4,5)1(6)7/h3-14,21,26H,15-19H2,1-2H3;(H,6,7). The van der Waals surface area contributed by atoms with Crippen LogP contribution in [0.4, 0.5) is 23.2 Å². The number of sulfonamides is 1. The molecule has 2 aliphatic heterocycles. The molecule has 0 radical (unpaired) electrons. The Morgan fingerprint density at radius 1 is 0.932 bits per heavy atom. The third-order valence-electron chi connectivity index (χ3n) is 7.51. The van der Waals surface area contributed by atoms with Gasteiger partial charge in [-0.3, -0.25) is 9.10 Å². The van der Waals surface area contributed by atoms with Gasteiger partial charge in [-0.15, -0.1) is 0 Å². The lowest BCUT2D eigenvalue weighted by molar-refractivity contribution is -0.192. The number of likely N-dealkylation sites (tertiary alicyclic amines) is 1. The first-order valence-electron chi connectivity index (χ1n) is 13.6. The molecule has 3 aromatic carbocycles. The molecule has 0 aromatic heterocycles. The average Bonchev–Trinajstić information content (AvgIpc) is 3.39. The van der Waals surface area contributed by atoms with E-state index in [1.165, 1.54) is 40.7 Å². The van der Waals surface area contributed by atoms with E-state index in [1.807, 2.05) is 24.1 Å². The van der Waals surface area contributed by atoms with Crippen LogP contribution >= 0.6 is 0 Å². The topological polar surface area (TPSA) is 107 Å². The van der Waals surface area contributed by atoms with Gasteiger partial charge in [0.2, 0.25) is 5.91 Å². The molecular weight excluding hydrogens is 606 g/mol. The van der Waals surface area contributed by atoms with Gasteiger partial charge in [0.25, 0.3) is 10.0 Å². The van der Waals surface area contributed by atoms with Gasteiger partial charge in [-0.25, -0.2) is 17.6 Å². The van der Waals surface area contributed by atoms with Crippen molar-refractivity contribution >= 4 is 27.6 Å². The Morgan fingerprint density at radius 2 is 1.45 bits per heavy atom. The van der Waals surface area contributed by atoms with Crippen LogP contribution < -0.4 is 9.04 Å². The molecule has 1 fully saturated rings. The fourth-order valence-corrected chi connectivity index (χ4v) is 6.57. The minimum atomic E-state index is -5.08. The molecule has 1 saturated heterocycles. The smallest absolute Gasteiger partial charge is 0.475 e. The van der Waals surface area contributed by atoms with Crippen LogP contribution in [0.2, 0.25) is 0 Å². The molecular formula is C30H31F4N3O6S. The lowest BCUT2D eigenvalue weighted by Crippen LogP contribution is -2.46. The Bertz CT molecular complexity index is 1580. The SMILES string of the molecule is CN1CCC(N(C)C(=O)C2CN(S(=O)(=O)c3ccc(Oc4ccc(F)cc4)cc3)c3ccccc32)CC1.O=C(O)C(F)(F)F. The van der Waals surface area contributed by atoms with Gasteiger partial charge in [0.1, 0.15) is 17.3 Å². The van der Waals surface area contributed by atoms with Gasteiger partial charge in [0.05, 0.1) is 23.0 Å². The monoisotopic (exact) mass is 637 g/mol. The minimum absolute atomic E-state index is 0.0530. The molecule has 3 aromatic rings. The molecule has 236 valence electrons. The largest absolute Gasteiger partial charge is 0.490 e. The third kappa shape index (κ3) is 7.48. The van der Waals surface area contributed by atoms with Gasteiger partial charge in [-0.2, -0.15) is 13.2 Å². The number of hydrogen-bond acceptors (Lipinski definition) is 6. The lowest BCUT2D eigenvalue weighted by atomic mass is 9.97. The van der Waals surface area contributed by atoms with Gasteiger partial charge < -0.3 is 19.6 Å². The molecule has 2 aliphatic rings. The van der Waals surface area contributed by atoms with Crippen molar-refractivity contribution in [2.75, 3.05) is 38.0 Å². The van der Waals surface area contributed by atoms with E-state index in [0.717, 1.165) is 31.5 Å². The van der Waals surface area contributed by atoms with Crippen molar-refractivity contribution in [2.24, 2.45) is 0 Å². The Labute approximate surface area is 252 Å². The summed E-state index contributed by atoms with van der Waals surface area (Å²) >= 11 is 0. The summed E-state index contributed by atoms with van der Waals surface area (Å²) in [5.41, 5.74) is 1.26. The average molecular weight is 638 g/mol. The first-order chi connectivity index (χ1) is 20.7. The highest BCUT2D eigenvalue weighted by Crippen LogP contribution is 2.41. The Balaban J connectivity index is 0.000000566. The molecule has 9 nitrogen and oxygen atoms in total. The van der Waals surface area contributed by atoms with Crippen LogP contribution in [0.5, 0.6) is 11.5 Å². The number of aliphatic carboxylic acids is 1. The zero-order chi connectivity index (χ0) is 32.2. The second-order valence-corrected chi connectivity index (χ2v) is 12.3. The number of carboxylic acid groups (broad SMARTS) is 1. The van der Waals surface area contributed by atoms with Crippen molar-refractivity contribution in [3.8, 4) is 11.5 Å². The van der Waals surface area contributed by atoms with E-state index in [9.17, 15) is 30.8 Å². The molecule has 1 N–H and O–H groups in total. The first-order valence-corrected chi connectivity index (χ1v) is 15.0. The van der Waals surface area contributed by atoms with Gasteiger partial charge in [0, 0.05) is 13.1 Å². The number of halogens is 4. The Hall–Kier alpha value is -4.17. The Kier molecular flexibility index (Phi) is 9.84. The number of piperidine rings is 1. The maximum Gasteiger partial charge on any atom is 0.490 e.